The number of carboxylic acid groups (broad SMARTS) is 2. The summed E-state index contributed by atoms with van der Waals surface area (Å²) in [5.41, 5.74) is 0.619. The molecule has 0 fully saturated rings. The van der Waals surface area contributed by atoms with Crippen LogP contribution in [0.25, 0.3) is 0 Å². The van der Waals surface area contributed by atoms with Gasteiger partial charge in [-0.2, -0.15) is 0 Å². The first-order valence-corrected chi connectivity index (χ1v) is 5.68. The van der Waals surface area contributed by atoms with Crippen LogP contribution in [0.2, 0.25) is 0 Å². The van der Waals surface area contributed by atoms with E-state index in [-0.39, 0.29) is 48.9 Å². The van der Waals surface area contributed by atoms with Crippen molar-refractivity contribution in [3.63, 3.8) is 0 Å². The quantitative estimate of drug-likeness (QED) is 0.720. The second kappa shape index (κ2) is 7.43. The van der Waals surface area contributed by atoms with Gasteiger partial charge >= 0.3 is 37.7 Å². The number of aromatic carboxylic acids is 2. The Morgan fingerprint density at radius 2 is 1.50 bits per heavy atom. The molecule has 0 amide bonds. The van der Waals surface area contributed by atoms with Crippen molar-refractivity contribution in [2.24, 2.45) is 0 Å². The van der Waals surface area contributed by atoms with Crippen LogP contribution in [0.5, 0.6) is 0 Å². The molecule has 20 heavy (non-hydrogen) atoms. The van der Waals surface area contributed by atoms with Gasteiger partial charge in [-0.05, 0) is 17.5 Å². The Kier molecular flexibility index (Phi) is 6.20. The molecule has 0 bridgehead atoms. The summed E-state index contributed by atoms with van der Waals surface area (Å²) in [6.07, 6.45) is 0.325. The van der Waals surface area contributed by atoms with Crippen molar-refractivity contribution in [2.75, 3.05) is 0 Å². The molecular weight excluding hydrogens is 284 g/mol. The number of rotatable bonds is 4. The second-order valence-electron chi connectivity index (χ2n) is 4.08. The molecule has 0 aliphatic carbocycles. The molecule has 2 aromatic carbocycles. The Balaban J connectivity index is 0.00000200. The number of benzene rings is 2. The van der Waals surface area contributed by atoms with E-state index in [0.717, 1.165) is 5.56 Å². The Bertz CT molecular complexity index is 623. The van der Waals surface area contributed by atoms with Gasteiger partial charge < -0.3 is 19.8 Å². The van der Waals surface area contributed by atoms with Crippen LogP contribution in [-0.4, -0.2) is 49.7 Å². The summed E-state index contributed by atoms with van der Waals surface area (Å²) in [6, 6.07) is 13.5. The predicted molar refractivity (Wildman–Crippen MR) is 70.1 cm³/mol. The largest absolute Gasteiger partial charge is 2.00 e. The maximum Gasteiger partial charge on any atom is 2.00 e. The van der Waals surface area contributed by atoms with Gasteiger partial charge in [0, 0.05) is 11.1 Å². The Labute approximate surface area is 146 Å². The van der Waals surface area contributed by atoms with E-state index in [0.29, 0.717) is 12.0 Å². The zero-order chi connectivity index (χ0) is 13.8. The predicted octanol–water partition coefficient (Wildman–Crippen LogP) is -0.376. The van der Waals surface area contributed by atoms with Crippen molar-refractivity contribution in [1.82, 2.24) is 0 Å². The standard InChI is InChI=1S/C15H12O4.Ca/c16-14(17)12-8-4-7-11(13(12)15(18)19)9-10-5-2-1-3-6-10;/h1-8H,9H2,(H,16,17)(H,18,19);/q;+2/p-2. The van der Waals surface area contributed by atoms with Crippen molar-refractivity contribution in [2.45, 2.75) is 6.42 Å². The third kappa shape index (κ3) is 3.82. The molecular formula is C15H10CaO4. The summed E-state index contributed by atoms with van der Waals surface area (Å²) < 4.78 is 0. The van der Waals surface area contributed by atoms with Crippen LogP contribution in [0.1, 0.15) is 31.8 Å². The molecule has 0 saturated carbocycles. The van der Waals surface area contributed by atoms with Crippen molar-refractivity contribution in [1.29, 1.82) is 0 Å². The number of hydrogen-bond acceptors (Lipinski definition) is 4. The third-order valence-corrected chi connectivity index (χ3v) is 2.81. The van der Waals surface area contributed by atoms with E-state index >= 15 is 0 Å². The van der Waals surface area contributed by atoms with Crippen molar-refractivity contribution >= 4 is 49.7 Å². The topological polar surface area (TPSA) is 80.3 Å². The molecule has 96 valence electrons. The summed E-state index contributed by atoms with van der Waals surface area (Å²) in [6.45, 7) is 0. The fourth-order valence-electron chi connectivity index (χ4n) is 1.97. The van der Waals surface area contributed by atoms with E-state index in [1.165, 1.54) is 12.1 Å². The first-order chi connectivity index (χ1) is 9.09. The van der Waals surface area contributed by atoms with Crippen LogP contribution in [0, 0.1) is 0 Å². The average molecular weight is 294 g/mol. The number of hydrogen-bond donors (Lipinski definition) is 0. The maximum atomic E-state index is 11.1. The van der Waals surface area contributed by atoms with Gasteiger partial charge in [-0.15, -0.1) is 0 Å². The molecule has 0 aliphatic rings. The molecule has 2 rings (SSSR count). The molecule has 0 atom stereocenters. The molecule has 4 nitrogen and oxygen atoms in total. The van der Waals surface area contributed by atoms with Gasteiger partial charge in [0.15, 0.2) is 0 Å². The second-order valence-corrected chi connectivity index (χ2v) is 4.08. The minimum atomic E-state index is -1.52. The molecule has 0 aliphatic heterocycles. The van der Waals surface area contributed by atoms with Crippen LogP contribution >= 0.6 is 0 Å². The van der Waals surface area contributed by atoms with Gasteiger partial charge in [0.1, 0.15) is 0 Å². The van der Waals surface area contributed by atoms with E-state index in [4.69, 9.17) is 0 Å². The zero-order valence-corrected chi connectivity index (χ0v) is 12.9. The van der Waals surface area contributed by atoms with Crippen LogP contribution in [-0.2, 0) is 6.42 Å². The molecule has 0 heterocycles. The summed E-state index contributed by atoms with van der Waals surface area (Å²) >= 11 is 0. The normalized spacial score (nSPS) is 9.60. The minimum Gasteiger partial charge on any atom is -0.545 e. The Hall–Kier alpha value is -1.36. The first kappa shape index (κ1) is 16.7. The Morgan fingerprint density at radius 1 is 0.850 bits per heavy atom. The number of carboxylic acids is 2. The van der Waals surface area contributed by atoms with Gasteiger partial charge in [-0.1, -0.05) is 48.5 Å². The van der Waals surface area contributed by atoms with Crippen LogP contribution in [0.4, 0.5) is 0 Å². The van der Waals surface area contributed by atoms with Gasteiger partial charge in [0.05, 0.1) is 11.9 Å². The molecule has 0 aromatic heterocycles. The minimum absolute atomic E-state index is 0. The molecule has 0 saturated heterocycles. The van der Waals surface area contributed by atoms with Crippen molar-refractivity contribution in [3.05, 3.63) is 70.8 Å². The SMILES string of the molecule is O=C([O-])c1cccc(Cc2ccccc2)c1C(=O)[O-].[Ca+2]. The first-order valence-electron chi connectivity index (χ1n) is 5.68. The zero-order valence-electron chi connectivity index (χ0n) is 10.7. The summed E-state index contributed by atoms with van der Waals surface area (Å²) in [5, 5.41) is 22.1. The summed E-state index contributed by atoms with van der Waals surface area (Å²) in [5.74, 6) is -3.03. The molecule has 2 aromatic rings. The molecule has 0 spiro atoms. The molecule has 0 radical (unpaired) electrons. The molecule has 5 heteroatoms. The number of carbonyl (C=O) groups is 2. The molecule has 0 N–H and O–H groups in total. The van der Waals surface area contributed by atoms with Crippen molar-refractivity contribution in [3.8, 4) is 0 Å². The van der Waals surface area contributed by atoms with E-state index in [1.54, 1.807) is 6.07 Å². The van der Waals surface area contributed by atoms with E-state index in [9.17, 15) is 19.8 Å². The summed E-state index contributed by atoms with van der Waals surface area (Å²) in [7, 11) is 0. The fraction of sp³-hybridized carbons (Fsp3) is 0.0667. The van der Waals surface area contributed by atoms with Gasteiger partial charge in [0.2, 0.25) is 0 Å². The third-order valence-electron chi connectivity index (χ3n) is 2.81. The van der Waals surface area contributed by atoms with E-state index in [1.807, 2.05) is 30.3 Å². The molecule has 0 unspecified atom stereocenters. The maximum absolute atomic E-state index is 11.1. The van der Waals surface area contributed by atoms with Crippen LogP contribution in [0.3, 0.4) is 0 Å². The average Bonchev–Trinajstić information content (AvgIpc) is 2.39. The summed E-state index contributed by atoms with van der Waals surface area (Å²) in [4.78, 5) is 22.1. The van der Waals surface area contributed by atoms with E-state index in [2.05, 4.69) is 0 Å². The van der Waals surface area contributed by atoms with Gasteiger partial charge in [-0.25, -0.2) is 0 Å². The van der Waals surface area contributed by atoms with Crippen molar-refractivity contribution < 1.29 is 19.8 Å². The smallest absolute Gasteiger partial charge is 0.545 e. The monoisotopic (exact) mass is 294 g/mol. The van der Waals surface area contributed by atoms with Crippen LogP contribution < -0.4 is 10.2 Å². The Morgan fingerprint density at radius 3 is 2.05 bits per heavy atom. The van der Waals surface area contributed by atoms with Gasteiger partial charge in [-0.3, -0.25) is 0 Å². The van der Waals surface area contributed by atoms with E-state index < -0.39 is 11.9 Å². The fourth-order valence-corrected chi connectivity index (χ4v) is 1.97. The van der Waals surface area contributed by atoms with Gasteiger partial charge in [0.25, 0.3) is 0 Å². The van der Waals surface area contributed by atoms with Crippen LogP contribution in [0.15, 0.2) is 48.5 Å². The number of carbonyl (C=O) groups excluding carboxylic acids is 2.